The average molecular weight is 322 g/mol. The number of thiazole rings is 1. The smallest absolute Gasteiger partial charge is 0.263 e. The first kappa shape index (κ1) is 16.6. The molecular formula is C16H19FN2O2S. The van der Waals surface area contributed by atoms with Crippen LogP contribution >= 0.6 is 11.3 Å². The molecule has 1 atom stereocenters. The second kappa shape index (κ2) is 7.47. The number of halogens is 1. The third kappa shape index (κ3) is 4.11. The summed E-state index contributed by atoms with van der Waals surface area (Å²) in [6.45, 7) is 3.98. The Morgan fingerprint density at radius 1 is 1.41 bits per heavy atom. The Morgan fingerprint density at radius 2 is 2.09 bits per heavy atom. The summed E-state index contributed by atoms with van der Waals surface area (Å²) in [5.41, 5.74) is 1.41. The van der Waals surface area contributed by atoms with E-state index in [1.54, 1.807) is 19.1 Å². The number of aliphatic hydroxyl groups is 1. The molecule has 0 fully saturated rings. The Morgan fingerprint density at radius 3 is 2.73 bits per heavy atom. The highest BCUT2D eigenvalue weighted by Gasteiger charge is 2.17. The van der Waals surface area contributed by atoms with Gasteiger partial charge in [-0.05, 0) is 37.6 Å². The molecular weight excluding hydrogens is 303 g/mol. The van der Waals surface area contributed by atoms with Crippen LogP contribution in [0.25, 0.3) is 10.6 Å². The summed E-state index contributed by atoms with van der Waals surface area (Å²) in [6, 6.07) is 6.01. The summed E-state index contributed by atoms with van der Waals surface area (Å²) in [4.78, 5) is 17.0. The number of hydrogen-bond acceptors (Lipinski definition) is 4. The zero-order valence-corrected chi connectivity index (χ0v) is 13.4. The molecule has 0 aliphatic carbocycles. The highest BCUT2D eigenvalue weighted by molar-refractivity contribution is 7.17. The van der Waals surface area contributed by atoms with Gasteiger partial charge in [0.1, 0.15) is 15.7 Å². The lowest BCUT2D eigenvalue weighted by molar-refractivity contribution is 0.0913. The van der Waals surface area contributed by atoms with E-state index in [4.69, 9.17) is 0 Å². The molecule has 2 N–H and O–H groups in total. The Bertz CT molecular complexity index is 640. The molecule has 0 saturated carbocycles. The van der Waals surface area contributed by atoms with Crippen LogP contribution in [0.1, 0.15) is 35.1 Å². The number of nitrogens with zero attached hydrogens (tertiary/aromatic N) is 1. The summed E-state index contributed by atoms with van der Waals surface area (Å²) >= 11 is 1.26. The number of carbonyl (C=O) groups is 1. The minimum absolute atomic E-state index is 0.232. The maximum absolute atomic E-state index is 12.9. The zero-order chi connectivity index (χ0) is 16.1. The molecule has 6 heteroatoms. The van der Waals surface area contributed by atoms with E-state index >= 15 is 0 Å². The van der Waals surface area contributed by atoms with Crippen LogP contribution in [0.3, 0.4) is 0 Å². The van der Waals surface area contributed by atoms with Crippen molar-refractivity contribution in [3.05, 3.63) is 40.7 Å². The van der Waals surface area contributed by atoms with Gasteiger partial charge in [0.2, 0.25) is 0 Å². The Balaban J connectivity index is 2.09. The van der Waals surface area contributed by atoms with Crippen molar-refractivity contribution in [2.75, 3.05) is 6.54 Å². The van der Waals surface area contributed by atoms with E-state index in [0.717, 1.165) is 12.0 Å². The number of aryl methyl sites for hydroxylation is 1. The van der Waals surface area contributed by atoms with Crippen LogP contribution in [0.4, 0.5) is 4.39 Å². The average Bonchev–Trinajstić information content (AvgIpc) is 2.88. The molecule has 2 aromatic rings. The van der Waals surface area contributed by atoms with Crippen LogP contribution in [0.2, 0.25) is 0 Å². The molecule has 0 radical (unpaired) electrons. The molecule has 2 rings (SSSR count). The van der Waals surface area contributed by atoms with Gasteiger partial charge in [0.25, 0.3) is 5.91 Å². The van der Waals surface area contributed by atoms with Crippen molar-refractivity contribution < 1.29 is 14.3 Å². The second-order valence-electron chi connectivity index (χ2n) is 5.09. The molecule has 0 bridgehead atoms. The highest BCUT2D eigenvalue weighted by Crippen LogP contribution is 2.28. The van der Waals surface area contributed by atoms with Crippen molar-refractivity contribution in [3.63, 3.8) is 0 Å². The standard InChI is InChI=1S/C16H19FN2O2S/c1-3-4-13(20)9-18-15(21)14-10(2)19-16(22-14)11-5-7-12(17)8-6-11/h5-8,13,20H,3-4,9H2,1-2H3,(H,18,21). The van der Waals surface area contributed by atoms with Crippen molar-refractivity contribution in [2.45, 2.75) is 32.8 Å². The third-order valence-corrected chi connectivity index (χ3v) is 4.42. The number of rotatable bonds is 6. The largest absolute Gasteiger partial charge is 0.391 e. The SMILES string of the molecule is CCCC(O)CNC(=O)c1sc(-c2ccc(F)cc2)nc1C. The molecule has 1 amide bonds. The van der Waals surface area contributed by atoms with Gasteiger partial charge in [-0.15, -0.1) is 11.3 Å². The number of hydrogen-bond donors (Lipinski definition) is 2. The maximum atomic E-state index is 12.9. The van der Waals surface area contributed by atoms with Crippen LogP contribution in [-0.4, -0.2) is 28.6 Å². The van der Waals surface area contributed by atoms with E-state index in [2.05, 4.69) is 10.3 Å². The second-order valence-corrected chi connectivity index (χ2v) is 6.09. The van der Waals surface area contributed by atoms with Gasteiger partial charge >= 0.3 is 0 Å². The van der Waals surface area contributed by atoms with E-state index < -0.39 is 6.10 Å². The van der Waals surface area contributed by atoms with Crippen molar-refractivity contribution in [1.29, 1.82) is 0 Å². The van der Waals surface area contributed by atoms with Gasteiger partial charge in [-0.2, -0.15) is 0 Å². The third-order valence-electron chi connectivity index (χ3n) is 3.21. The summed E-state index contributed by atoms with van der Waals surface area (Å²) < 4.78 is 12.9. The normalized spacial score (nSPS) is 12.2. The van der Waals surface area contributed by atoms with Crippen LogP contribution in [-0.2, 0) is 0 Å². The summed E-state index contributed by atoms with van der Waals surface area (Å²) in [5, 5.41) is 13.1. The number of aliphatic hydroxyl groups excluding tert-OH is 1. The molecule has 1 aromatic heterocycles. The predicted molar refractivity (Wildman–Crippen MR) is 85.5 cm³/mol. The fraction of sp³-hybridized carbons (Fsp3) is 0.375. The topological polar surface area (TPSA) is 62.2 Å². The van der Waals surface area contributed by atoms with Crippen molar-refractivity contribution in [2.24, 2.45) is 0 Å². The quantitative estimate of drug-likeness (QED) is 0.859. The van der Waals surface area contributed by atoms with E-state index in [1.807, 2.05) is 6.92 Å². The molecule has 118 valence electrons. The summed E-state index contributed by atoms with van der Waals surface area (Å²) in [6.07, 6.45) is 0.993. The Hall–Kier alpha value is -1.79. The number of benzene rings is 1. The highest BCUT2D eigenvalue weighted by atomic mass is 32.1. The predicted octanol–water partition coefficient (Wildman–Crippen LogP) is 3.15. The van der Waals surface area contributed by atoms with Gasteiger partial charge in [-0.25, -0.2) is 9.37 Å². The molecule has 4 nitrogen and oxygen atoms in total. The number of carbonyl (C=O) groups excluding carboxylic acids is 1. The Labute approximate surface area is 133 Å². The Kier molecular flexibility index (Phi) is 5.63. The van der Waals surface area contributed by atoms with Crippen LogP contribution in [0.5, 0.6) is 0 Å². The van der Waals surface area contributed by atoms with Gasteiger partial charge in [-0.1, -0.05) is 13.3 Å². The minimum atomic E-state index is -0.529. The molecule has 1 heterocycles. The summed E-state index contributed by atoms with van der Waals surface area (Å²) in [7, 11) is 0. The van der Waals surface area contributed by atoms with Gasteiger partial charge < -0.3 is 10.4 Å². The molecule has 0 saturated heterocycles. The first-order valence-corrected chi connectivity index (χ1v) is 8.02. The lowest BCUT2D eigenvalue weighted by Crippen LogP contribution is -2.31. The molecule has 1 aromatic carbocycles. The molecule has 22 heavy (non-hydrogen) atoms. The van der Waals surface area contributed by atoms with Gasteiger partial charge in [0, 0.05) is 12.1 Å². The molecule has 0 aliphatic heterocycles. The fourth-order valence-electron chi connectivity index (χ4n) is 2.05. The molecule has 0 aliphatic rings. The van der Waals surface area contributed by atoms with Crippen LogP contribution < -0.4 is 5.32 Å². The van der Waals surface area contributed by atoms with Gasteiger partial charge in [0.05, 0.1) is 11.8 Å². The number of amides is 1. The van der Waals surface area contributed by atoms with E-state index in [-0.39, 0.29) is 18.3 Å². The molecule has 0 spiro atoms. The first-order chi connectivity index (χ1) is 10.5. The van der Waals surface area contributed by atoms with Gasteiger partial charge in [-0.3, -0.25) is 4.79 Å². The maximum Gasteiger partial charge on any atom is 0.263 e. The van der Waals surface area contributed by atoms with Crippen molar-refractivity contribution >= 4 is 17.2 Å². The van der Waals surface area contributed by atoms with E-state index in [9.17, 15) is 14.3 Å². The van der Waals surface area contributed by atoms with Gasteiger partial charge in [0.15, 0.2) is 0 Å². The van der Waals surface area contributed by atoms with Crippen molar-refractivity contribution in [1.82, 2.24) is 10.3 Å². The van der Waals surface area contributed by atoms with E-state index in [0.29, 0.717) is 22.0 Å². The van der Waals surface area contributed by atoms with Crippen LogP contribution in [0.15, 0.2) is 24.3 Å². The minimum Gasteiger partial charge on any atom is -0.391 e. The summed E-state index contributed by atoms with van der Waals surface area (Å²) in [5.74, 6) is -0.543. The molecule has 1 unspecified atom stereocenters. The lowest BCUT2D eigenvalue weighted by Gasteiger charge is -2.09. The first-order valence-electron chi connectivity index (χ1n) is 7.21. The lowest BCUT2D eigenvalue weighted by atomic mass is 10.2. The number of aromatic nitrogens is 1. The monoisotopic (exact) mass is 322 g/mol. The van der Waals surface area contributed by atoms with Crippen molar-refractivity contribution in [3.8, 4) is 10.6 Å². The zero-order valence-electron chi connectivity index (χ0n) is 12.6. The number of nitrogens with one attached hydrogen (secondary N) is 1. The van der Waals surface area contributed by atoms with Crippen LogP contribution in [0, 0.1) is 12.7 Å². The fourth-order valence-corrected chi connectivity index (χ4v) is 3.04. The van der Waals surface area contributed by atoms with E-state index in [1.165, 1.54) is 23.5 Å².